The van der Waals surface area contributed by atoms with Gasteiger partial charge < -0.3 is 15.2 Å². The van der Waals surface area contributed by atoms with Crippen LogP contribution in [-0.4, -0.2) is 29.8 Å². The van der Waals surface area contributed by atoms with Crippen molar-refractivity contribution >= 4 is 12.1 Å². The van der Waals surface area contributed by atoms with Crippen LogP contribution in [0.15, 0.2) is 78.9 Å². The Labute approximate surface area is 181 Å². The van der Waals surface area contributed by atoms with Crippen LogP contribution in [0.25, 0.3) is 11.1 Å². The number of fused-ring (bicyclic) bond motifs is 3. The van der Waals surface area contributed by atoms with Crippen molar-refractivity contribution in [1.82, 2.24) is 5.32 Å². The third-order valence-electron chi connectivity index (χ3n) is 6.09. The number of carbonyl (C=O) groups is 2. The number of carbonyl (C=O) groups excluding carboxylic acids is 1. The Morgan fingerprint density at radius 2 is 1.42 bits per heavy atom. The second-order valence-corrected chi connectivity index (χ2v) is 8.33. The average Bonchev–Trinajstić information content (AvgIpc) is 3.10. The normalized spacial score (nSPS) is 13.7. The number of aliphatic carboxylic acids is 1. The summed E-state index contributed by atoms with van der Waals surface area (Å²) < 4.78 is 5.54. The van der Waals surface area contributed by atoms with Crippen LogP contribution >= 0.6 is 0 Å². The maximum absolute atomic E-state index is 12.6. The van der Waals surface area contributed by atoms with E-state index in [0.29, 0.717) is 0 Å². The number of alkyl carbamates (subject to hydrolysis) is 1. The molecule has 0 aliphatic heterocycles. The van der Waals surface area contributed by atoms with E-state index in [9.17, 15) is 14.7 Å². The number of hydrogen-bond acceptors (Lipinski definition) is 3. The zero-order valence-electron chi connectivity index (χ0n) is 17.5. The molecule has 0 heterocycles. The molecule has 1 atom stereocenters. The highest BCUT2D eigenvalue weighted by Gasteiger charge is 2.38. The molecule has 0 bridgehead atoms. The van der Waals surface area contributed by atoms with Crippen molar-refractivity contribution in [2.45, 2.75) is 31.2 Å². The van der Waals surface area contributed by atoms with Crippen LogP contribution in [0.4, 0.5) is 4.79 Å². The van der Waals surface area contributed by atoms with Crippen LogP contribution in [0, 0.1) is 0 Å². The number of amides is 1. The maximum Gasteiger partial charge on any atom is 0.407 e. The lowest BCUT2D eigenvalue weighted by molar-refractivity contribution is -0.141. The molecule has 3 aromatic rings. The third-order valence-corrected chi connectivity index (χ3v) is 6.09. The van der Waals surface area contributed by atoms with E-state index < -0.39 is 23.5 Å². The summed E-state index contributed by atoms with van der Waals surface area (Å²) in [6.07, 6.45) is -0.738. The molecular weight excluding hydrogens is 390 g/mol. The lowest BCUT2D eigenvalue weighted by atomic mass is 9.77. The van der Waals surface area contributed by atoms with Crippen molar-refractivity contribution in [3.05, 3.63) is 95.6 Å². The van der Waals surface area contributed by atoms with E-state index in [4.69, 9.17) is 4.74 Å². The minimum Gasteiger partial charge on any atom is -0.480 e. The number of nitrogens with one attached hydrogen (secondary N) is 1. The van der Waals surface area contributed by atoms with Crippen LogP contribution in [0.1, 0.15) is 36.5 Å². The van der Waals surface area contributed by atoms with Crippen molar-refractivity contribution in [1.29, 1.82) is 0 Å². The monoisotopic (exact) mass is 415 g/mol. The van der Waals surface area contributed by atoms with Gasteiger partial charge >= 0.3 is 12.1 Å². The van der Waals surface area contributed by atoms with Crippen molar-refractivity contribution in [2.75, 3.05) is 6.61 Å². The summed E-state index contributed by atoms with van der Waals surface area (Å²) in [6.45, 7) is 3.73. The highest BCUT2D eigenvalue weighted by atomic mass is 16.5. The van der Waals surface area contributed by atoms with Gasteiger partial charge in [0.15, 0.2) is 0 Å². The van der Waals surface area contributed by atoms with Crippen LogP contribution in [-0.2, 0) is 14.9 Å². The molecule has 1 aliphatic carbocycles. The molecule has 2 N–H and O–H groups in total. The van der Waals surface area contributed by atoms with E-state index in [0.717, 1.165) is 27.8 Å². The maximum atomic E-state index is 12.6. The van der Waals surface area contributed by atoms with E-state index in [1.165, 1.54) is 0 Å². The first kappa shape index (κ1) is 20.7. The number of rotatable bonds is 6. The van der Waals surface area contributed by atoms with Gasteiger partial charge in [-0.1, -0.05) is 92.7 Å². The minimum absolute atomic E-state index is 0.0800. The first-order valence-electron chi connectivity index (χ1n) is 10.3. The lowest BCUT2D eigenvalue weighted by Crippen LogP contribution is -2.52. The van der Waals surface area contributed by atoms with Gasteiger partial charge in [-0.3, -0.25) is 0 Å². The number of carboxylic acids is 1. The number of ether oxygens (including phenoxy) is 1. The molecule has 0 fully saturated rings. The number of benzene rings is 3. The van der Waals surface area contributed by atoms with Gasteiger partial charge in [0.05, 0.1) is 0 Å². The molecule has 3 aromatic carbocycles. The standard InChI is InChI=1S/C26H25NO4/c1-26(2,17-10-4-3-5-11-17)23(24(28)29)27-25(30)31-16-22-20-14-8-6-12-18(20)19-13-7-9-15-21(19)22/h3-15,22-23H,16H2,1-2H3,(H,27,30)(H,28,29)/t23-/m0/s1. The molecule has 158 valence electrons. The second kappa shape index (κ2) is 8.26. The molecule has 0 spiro atoms. The summed E-state index contributed by atoms with van der Waals surface area (Å²) in [5, 5.41) is 12.4. The molecule has 0 radical (unpaired) electrons. The molecule has 0 aromatic heterocycles. The molecule has 1 aliphatic rings. The first-order chi connectivity index (χ1) is 14.9. The van der Waals surface area contributed by atoms with Gasteiger partial charge in [-0.05, 0) is 27.8 Å². The van der Waals surface area contributed by atoms with Crippen molar-refractivity contribution in [3.8, 4) is 11.1 Å². The Bertz CT molecular complexity index is 1060. The summed E-state index contributed by atoms with van der Waals surface area (Å²) in [7, 11) is 0. The van der Waals surface area contributed by atoms with Gasteiger partial charge in [-0.25, -0.2) is 9.59 Å². The Morgan fingerprint density at radius 3 is 1.97 bits per heavy atom. The fraction of sp³-hybridized carbons (Fsp3) is 0.231. The van der Waals surface area contributed by atoms with Crippen LogP contribution in [0.3, 0.4) is 0 Å². The average molecular weight is 415 g/mol. The van der Waals surface area contributed by atoms with Gasteiger partial charge in [0.1, 0.15) is 12.6 Å². The fourth-order valence-corrected chi connectivity index (χ4v) is 4.34. The third kappa shape index (κ3) is 3.91. The van der Waals surface area contributed by atoms with E-state index in [1.807, 2.05) is 66.7 Å². The summed E-state index contributed by atoms with van der Waals surface area (Å²) in [5.74, 6) is -1.19. The van der Waals surface area contributed by atoms with Gasteiger partial charge in [-0.15, -0.1) is 0 Å². The zero-order valence-corrected chi connectivity index (χ0v) is 17.5. The van der Waals surface area contributed by atoms with Gasteiger partial charge in [-0.2, -0.15) is 0 Å². The highest BCUT2D eigenvalue weighted by Crippen LogP contribution is 2.44. The highest BCUT2D eigenvalue weighted by molar-refractivity contribution is 5.82. The second-order valence-electron chi connectivity index (χ2n) is 8.33. The molecule has 5 heteroatoms. The molecular formula is C26H25NO4. The number of carboxylic acid groups (broad SMARTS) is 1. The molecule has 0 unspecified atom stereocenters. The molecule has 5 nitrogen and oxygen atoms in total. The summed E-state index contributed by atoms with van der Waals surface area (Å²) in [4.78, 5) is 24.6. The Hall–Kier alpha value is -3.60. The molecule has 31 heavy (non-hydrogen) atoms. The molecule has 0 saturated heterocycles. The summed E-state index contributed by atoms with van der Waals surface area (Å²) in [5.41, 5.74) is 4.49. The zero-order chi connectivity index (χ0) is 22.0. The van der Waals surface area contributed by atoms with E-state index in [-0.39, 0.29) is 12.5 Å². The fourth-order valence-electron chi connectivity index (χ4n) is 4.34. The molecule has 0 saturated carbocycles. The van der Waals surface area contributed by atoms with Gasteiger partial charge in [0.25, 0.3) is 0 Å². The Kier molecular flexibility index (Phi) is 5.51. The summed E-state index contributed by atoms with van der Waals surface area (Å²) in [6, 6.07) is 24.3. The van der Waals surface area contributed by atoms with E-state index >= 15 is 0 Å². The largest absolute Gasteiger partial charge is 0.480 e. The molecule has 4 rings (SSSR count). The lowest BCUT2D eigenvalue weighted by Gasteiger charge is -2.32. The predicted octanol–water partition coefficient (Wildman–Crippen LogP) is 4.96. The SMILES string of the molecule is CC(C)(c1ccccc1)[C@@H](NC(=O)OCC1c2ccccc2-c2ccccc21)C(=O)O. The van der Waals surface area contributed by atoms with Gasteiger partial charge in [0, 0.05) is 11.3 Å². The minimum atomic E-state index is -1.13. The van der Waals surface area contributed by atoms with E-state index in [2.05, 4.69) is 17.4 Å². The van der Waals surface area contributed by atoms with Crippen molar-refractivity contribution < 1.29 is 19.4 Å². The quantitative estimate of drug-likeness (QED) is 0.597. The first-order valence-corrected chi connectivity index (χ1v) is 10.3. The van der Waals surface area contributed by atoms with Gasteiger partial charge in [0.2, 0.25) is 0 Å². The Morgan fingerprint density at radius 1 is 0.903 bits per heavy atom. The molecule has 1 amide bonds. The van der Waals surface area contributed by atoms with Crippen LogP contribution in [0.2, 0.25) is 0 Å². The Balaban J connectivity index is 1.49. The van der Waals surface area contributed by atoms with Crippen LogP contribution in [0.5, 0.6) is 0 Å². The topological polar surface area (TPSA) is 75.6 Å². The van der Waals surface area contributed by atoms with Crippen LogP contribution < -0.4 is 5.32 Å². The van der Waals surface area contributed by atoms with Crippen molar-refractivity contribution in [2.24, 2.45) is 0 Å². The smallest absolute Gasteiger partial charge is 0.407 e. The summed E-state index contributed by atoms with van der Waals surface area (Å²) >= 11 is 0. The van der Waals surface area contributed by atoms with Crippen molar-refractivity contribution in [3.63, 3.8) is 0 Å². The van der Waals surface area contributed by atoms with E-state index in [1.54, 1.807) is 13.8 Å². The predicted molar refractivity (Wildman–Crippen MR) is 119 cm³/mol. The number of hydrogen-bond donors (Lipinski definition) is 2.